The van der Waals surface area contributed by atoms with Gasteiger partial charge >= 0.3 is 0 Å². The average Bonchev–Trinajstić information content (AvgIpc) is 2.88. The lowest BCUT2D eigenvalue weighted by Crippen LogP contribution is -2.40. The van der Waals surface area contributed by atoms with Gasteiger partial charge in [-0.05, 0) is 18.8 Å². The molecular weight excluding hydrogens is 258 g/mol. The summed E-state index contributed by atoms with van der Waals surface area (Å²) in [6.45, 7) is 5.61. The highest BCUT2D eigenvalue weighted by Gasteiger charge is 2.22. The number of hydrogen-bond acceptors (Lipinski definition) is 7. The molecule has 8 heteroatoms. The molecule has 0 spiro atoms. The Morgan fingerprint density at radius 1 is 1.25 bits per heavy atom. The standard InChI is InChI=1S/C12H21N7O/c1-7(2)8(9(13)20)15-11-16-10(14)17-12(18-11)19-5-3-4-6-19/h7-8H,3-6H2,1-2H3,(H2,13,20)(H3,14,15,16,17,18). The van der Waals surface area contributed by atoms with Crippen LogP contribution < -0.4 is 21.7 Å². The van der Waals surface area contributed by atoms with E-state index < -0.39 is 11.9 Å². The van der Waals surface area contributed by atoms with Gasteiger partial charge in [0.15, 0.2) is 0 Å². The third kappa shape index (κ3) is 3.25. The molecule has 0 aliphatic carbocycles. The van der Waals surface area contributed by atoms with Crippen LogP contribution in [0.25, 0.3) is 0 Å². The van der Waals surface area contributed by atoms with Crippen molar-refractivity contribution in [2.45, 2.75) is 32.7 Å². The Hall–Kier alpha value is -2.12. The van der Waals surface area contributed by atoms with Crippen molar-refractivity contribution in [2.24, 2.45) is 11.7 Å². The van der Waals surface area contributed by atoms with E-state index in [1.807, 2.05) is 13.8 Å². The predicted molar refractivity (Wildman–Crippen MR) is 77.1 cm³/mol. The highest BCUT2D eigenvalue weighted by atomic mass is 16.1. The van der Waals surface area contributed by atoms with Crippen molar-refractivity contribution in [3.8, 4) is 0 Å². The van der Waals surface area contributed by atoms with Gasteiger partial charge in [-0.1, -0.05) is 13.8 Å². The van der Waals surface area contributed by atoms with Crippen molar-refractivity contribution in [3.63, 3.8) is 0 Å². The van der Waals surface area contributed by atoms with Crippen molar-refractivity contribution in [1.29, 1.82) is 0 Å². The third-order valence-electron chi connectivity index (χ3n) is 3.29. The van der Waals surface area contributed by atoms with E-state index in [1.54, 1.807) is 0 Å². The van der Waals surface area contributed by atoms with E-state index in [1.165, 1.54) is 0 Å². The summed E-state index contributed by atoms with van der Waals surface area (Å²) in [7, 11) is 0. The van der Waals surface area contributed by atoms with Crippen LogP contribution in [-0.4, -0.2) is 40.0 Å². The minimum Gasteiger partial charge on any atom is -0.368 e. The first kappa shape index (κ1) is 14.3. The van der Waals surface area contributed by atoms with E-state index in [0.29, 0.717) is 5.95 Å². The zero-order valence-electron chi connectivity index (χ0n) is 11.8. The summed E-state index contributed by atoms with van der Waals surface area (Å²) in [5, 5.41) is 2.94. The predicted octanol–water partition coefficient (Wildman–Crippen LogP) is -0.0242. The molecule has 0 radical (unpaired) electrons. The first-order chi connectivity index (χ1) is 9.47. The minimum absolute atomic E-state index is 0.0285. The lowest BCUT2D eigenvalue weighted by Gasteiger charge is -2.20. The van der Waals surface area contributed by atoms with Crippen molar-refractivity contribution in [2.75, 3.05) is 29.0 Å². The van der Waals surface area contributed by atoms with Crippen molar-refractivity contribution in [1.82, 2.24) is 15.0 Å². The first-order valence-electron chi connectivity index (χ1n) is 6.79. The summed E-state index contributed by atoms with van der Waals surface area (Å²) in [6, 6.07) is -0.539. The second-order valence-electron chi connectivity index (χ2n) is 5.28. The van der Waals surface area contributed by atoms with Crippen LogP contribution in [0.1, 0.15) is 26.7 Å². The number of hydrogen-bond donors (Lipinski definition) is 3. The van der Waals surface area contributed by atoms with Crippen molar-refractivity contribution < 1.29 is 4.79 Å². The molecule has 0 bridgehead atoms. The van der Waals surface area contributed by atoms with E-state index in [0.717, 1.165) is 25.9 Å². The number of primary amides is 1. The number of aromatic nitrogens is 3. The number of nitrogens with one attached hydrogen (secondary N) is 1. The summed E-state index contributed by atoms with van der Waals surface area (Å²) >= 11 is 0. The highest BCUT2D eigenvalue weighted by molar-refractivity contribution is 5.82. The SMILES string of the molecule is CC(C)C(Nc1nc(N)nc(N2CCCC2)n1)C(N)=O. The van der Waals surface area contributed by atoms with Gasteiger partial charge in [-0.25, -0.2) is 0 Å². The molecule has 0 aromatic carbocycles. The Balaban J connectivity index is 2.20. The van der Waals surface area contributed by atoms with Crippen LogP contribution in [0, 0.1) is 5.92 Å². The molecule has 20 heavy (non-hydrogen) atoms. The van der Waals surface area contributed by atoms with Crippen LogP contribution in [-0.2, 0) is 4.79 Å². The van der Waals surface area contributed by atoms with Gasteiger partial charge in [-0.15, -0.1) is 0 Å². The summed E-state index contributed by atoms with van der Waals surface area (Å²) in [6.07, 6.45) is 2.23. The molecule has 2 rings (SSSR count). The van der Waals surface area contributed by atoms with Gasteiger partial charge in [0.2, 0.25) is 23.8 Å². The fourth-order valence-corrected chi connectivity index (χ4v) is 2.21. The number of carbonyl (C=O) groups is 1. The topological polar surface area (TPSA) is 123 Å². The molecule has 1 fully saturated rings. The average molecular weight is 279 g/mol. The van der Waals surface area contributed by atoms with E-state index in [-0.39, 0.29) is 17.8 Å². The monoisotopic (exact) mass is 279 g/mol. The number of nitrogens with zero attached hydrogens (tertiary/aromatic N) is 4. The van der Waals surface area contributed by atoms with Gasteiger partial charge in [0.25, 0.3) is 0 Å². The van der Waals surface area contributed by atoms with Gasteiger partial charge in [-0.2, -0.15) is 15.0 Å². The molecule has 1 aliphatic rings. The zero-order valence-corrected chi connectivity index (χ0v) is 11.8. The number of nitrogen functional groups attached to an aromatic ring is 1. The van der Waals surface area contributed by atoms with Crippen LogP contribution in [0.3, 0.4) is 0 Å². The summed E-state index contributed by atoms with van der Waals surface area (Å²) in [5.41, 5.74) is 11.1. The number of rotatable bonds is 5. The molecule has 1 saturated heterocycles. The van der Waals surface area contributed by atoms with Crippen LogP contribution in [0.15, 0.2) is 0 Å². The smallest absolute Gasteiger partial charge is 0.240 e. The molecule has 1 aromatic heterocycles. The lowest BCUT2D eigenvalue weighted by molar-refractivity contribution is -0.119. The van der Waals surface area contributed by atoms with Gasteiger partial charge < -0.3 is 21.7 Å². The Morgan fingerprint density at radius 2 is 1.90 bits per heavy atom. The van der Waals surface area contributed by atoms with Crippen molar-refractivity contribution in [3.05, 3.63) is 0 Å². The summed E-state index contributed by atoms with van der Waals surface area (Å²) in [5.74, 6) is 0.556. The second-order valence-corrected chi connectivity index (χ2v) is 5.28. The molecule has 2 heterocycles. The van der Waals surface area contributed by atoms with Gasteiger partial charge in [0, 0.05) is 13.1 Å². The van der Waals surface area contributed by atoms with Crippen LogP contribution in [0.5, 0.6) is 0 Å². The molecule has 1 unspecified atom stereocenters. The van der Waals surface area contributed by atoms with Crippen LogP contribution in [0.2, 0.25) is 0 Å². The molecule has 1 atom stereocenters. The summed E-state index contributed by atoms with van der Waals surface area (Å²) < 4.78 is 0. The van der Waals surface area contributed by atoms with Crippen LogP contribution in [0.4, 0.5) is 17.8 Å². The third-order valence-corrected chi connectivity index (χ3v) is 3.29. The van der Waals surface area contributed by atoms with Gasteiger partial charge in [0.1, 0.15) is 6.04 Å². The van der Waals surface area contributed by atoms with Gasteiger partial charge in [0.05, 0.1) is 0 Å². The van der Waals surface area contributed by atoms with E-state index in [2.05, 4.69) is 25.2 Å². The number of anilines is 3. The zero-order chi connectivity index (χ0) is 14.7. The number of carbonyl (C=O) groups excluding carboxylic acids is 1. The number of nitrogens with two attached hydrogens (primary N) is 2. The summed E-state index contributed by atoms with van der Waals surface area (Å²) in [4.78, 5) is 26.0. The molecule has 1 aromatic rings. The second kappa shape index (κ2) is 5.89. The largest absolute Gasteiger partial charge is 0.368 e. The molecule has 5 N–H and O–H groups in total. The number of amides is 1. The van der Waals surface area contributed by atoms with Gasteiger partial charge in [-0.3, -0.25) is 4.79 Å². The fourth-order valence-electron chi connectivity index (χ4n) is 2.21. The normalized spacial score (nSPS) is 16.4. The molecule has 8 nitrogen and oxygen atoms in total. The maximum Gasteiger partial charge on any atom is 0.240 e. The Labute approximate surface area is 118 Å². The van der Waals surface area contributed by atoms with E-state index >= 15 is 0 Å². The quantitative estimate of drug-likeness (QED) is 0.691. The molecule has 110 valence electrons. The maximum absolute atomic E-state index is 11.4. The maximum atomic E-state index is 11.4. The highest BCUT2D eigenvalue weighted by Crippen LogP contribution is 2.18. The Morgan fingerprint density at radius 3 is 2.45 bits per heavy atom. The Bertz CT molecular complexity index is 485. The Kier molecular flexibility index (Phi) is 4.21. The molecule has 0 saturated carbocycles. The first-order valence-corrected chi connectivity index (χ1v) is 6.79. The van der Waals surface area contributed by atoms with Crippen LogP contribution >= 0.6 is 0 Å². The molecular formula is C12H21N7O. The lowest BCUT2D eigenvalue weighted by atomic mass is 10.0. The van der Waals surface area contributed by atoms with Crippen molar-refractivity contribution >= 4 is 23.8 Å². The molecule has 1 aliphatic heterocycles. The van der Waals surface area contributed by atoms with E-state index in [9.17, 15) is 4.79 Å². The van der Waals surface area contributed by atoms with E-state index in [4.69, 9.17) is 11.5 Å². The molecule has 1 amide bonds. The minimum atomic E-state index is -0.539. The fraction of sp³-hybridized carbons (Fsp3) is 0.667.